The van der Waals surface area contributed by atoms with Crippen molar-refractivity contribution in [2.75, 3.05) is 13.6 Å². The van der Waals surface area contributed by atoms with E-state index in [1.807, 2.05) is 0 Å². The number of hydrogen-bond acceptors (Lipinski definition) is 2. The van der Waals surface area contributed by atoms with Crippen molar-refractivity contribution in [3.63, 3.8) is 0 Å². The molecule has 3 atom stereocenters. The molecule has 1 fully saturated rings. The van der Waals surface area contributed by atoms with E-state index >= 15 is 0 Å². The summed E-state index contributed by atoms with van der Waals surface area (Å²) in [6, 6.07) is 6.78. The second-order valence-electron chi connectivity index (χ2n) is 6.17. The molecule has 1 saturated heterocycles. The number of likely N-dealkylation sites (tertiary alicyclic amines) is 1. The highest BCUT2D eigenvalue weighted by molar-refractivity contribution is 5.88. The average molecular weight is 270 g/mol. The van der Waals surface area contributed by atoms with Crippen LogP contribution in [0.1, 0.15) is 23.5 Å². The van der Waals surface area contributed by atoms with Crippen LogP contribution in [-0.4, -0.2) is 40.6 Å². The molecule has 4 rings (SSSR count). The molecule has 2 heterocycles. The van der Waals surface area contributed by atoms with E-state index in [1.54, 1.807) is 0 Å². The standard InChI is InChI=1S/C16H18N2O2/c1-18-8-10(16(19)20)5-12-11-3-2-4-13-15(11)9(7-17-13)6-14(12)18/h2-4,7,10,12,14,17H,5-6,8H2,1H3,(H,19,20)/t10-,12+,14?/m0/s1. The number of H-pyrrole nitrogens is 1. The largest absolute Gasteiger partial charge is 0.481 e. The Morgan fingerprint density at radius 1 is 1.45 bits per heavy atom. The van der Waals surface area contributed by atoms with Crippen LogP contribution in [0.4, 0.5) is 0 Å². The smallest absolute Gasteiger partial charge is 0.307 e. The van der Waals surface area contributed by atoms with Gasteiger partial charge in [0.2, 0.25) is 0 Å². The highest BCUT2D eigenvalue weighted by atomic mass is 16.4. The van der Waals surface area contributed by atoms with E-state index in [2.05, 4.69) is 41.3 Å². The van der Waals surface area contributed by atoms with Crippen LogP contribution in [0.2, 0.25) is 0 Å². The molecule has 1 aromatic heterocycles. The van der Waals surface area contributed by atoms with Crippen molar-refractivity contribution in [2.24, 2.45) is 5.92 Å². The lowest BCUT2D eigenvalue weighted by molar-refractivity contribution is -0.144. The molecule has 0 radical (unpaired) electrons. The SMILES string of the molecule is CN1C[C@@H](C(=O)O)C[C@@H]2c3cccc4[nH]cc(c34)CC21. The Bertz CT molecular complexity index is 691. The summed E-state index contributed by atoms with van der Waals surface area (Å²) in [5.74, 6) is -0.582. The maximum Gasteiger partial charge on any atom is 0.307 e. The number of benzene rings is 1. The minimum Gasteiger partial charge on any atom is -0.481 e. The van der Waals surface area contributed by atoms with Gasteiger partial charge < -0.3 is 15.0 Å². The minimum absolute atomic E-state index is 0.253. The van der Waals surface area contributed by atoms with Crippen molar-refractivity contribution in [1.82, 2.24) is 9.88 Å². The lowest BCUT2D eigenvalue weighted by Gasteiger charge is -2.44. The number of aliphatic carboxylic acids is 1. The first kappa shape index (κ1) is 12.0. The third kappa shape index (κ3) is 1.54. The zero-order valence-electron chi connectivity index (χ0n) is 11.5. The maximum atomic E-state index is 11.4. The summed E-state index contributed by atoms with van der Waals surface area (Å²) in [6.45, 7) is 0.659. The van der Waals surface area contributed by atoms with Crippen LogP contribution in [0.25, 0.3) is 10.9 Å². The number of carbonyl (C=O) groups is 1. The molecule has 0 spiro atoms. The summed E-state index contributed by atoms with van der Waals surface area (Å²) in [5.41, 5.74) is 3.88. The number of likely N-dealkylation sites (N-methyl/N-ethyl adjacent to an activating group) is 1. The Hall–Kier alpha value is -1.81. The third-order valence-electron chi connectivity index (χ3n) is 5.07. The molecule has 1 aliphatic heterocycles. The highest BCUT2D eigenvalue weighted by Crippen LogP contribution is 2.44. The maximum absolute atomic E-state index is 11.4. The van der Waals surface area contributed by atoms with Gasteiger partial charge in [0.25, 0.3) is 0 Å². The molecule has 1 aromatic carbocycles. The van der Waals surface area contributed by atoms with Gasteiger partial charge in [-0.05, 0) is 37.1 Å². The van der Waals surface area contributed by atoms with Gasteiger partial charge in [-0.15, -0.1) is 0 Å². The van der Waals surface area contributed by atoms with Crippen LogP contribution in [0.5, 0.6) is 0 Å². The van der Waals surface area contributed by atoms with Gasteiger partial charge in [-0.2, -0.15) is 0 Å². The molecule has 2 aliphatic rings. The number of carboxylic acids is 1. The van der Waals surface area contributed by atoms with E-state index in [-0.39, 0.29) is 5.92 Å². The fourth-order valence-corrected chi connectivity index (χ4v) is 4.12. The van der Waals surface area contributed by atoms with Crippen molar-refractivity contribution < 1.29 is 9.90 Å². The number of rotatable bonds is 1. The number of hydrogen-bond donors (Lipinski definition) is 2. The van der Waals surface area contributed by atoms with Gasteiger partial charge in [-0.3, -0.25) is 4.79 Å². The second kappa shape index (κ2) is 4.09. The quantitative estimate of drug-likeness (QED) is 0.835. The molecule has 4 heteroatoms. The summed E-state index contributed by atoms with van der Waals surface area (Å²) in [7, 11) is 2.06. The molecular weight excluding hydrogens is 252 g/mol. The first-order valence-electron chi connectivity index (χ1n) is 7.17. The van der Waals surface area contributed by atoms with E-state index in [4.69, 9.17) is 0 Å². The minimum atomic E-state index is -0.664. The van der Waals surface area contributed by atoms with E-state index in [1.165, 1.54) is 22.0 Å². The molecule has 4 nitrogen and oxygen atoms in total. The number of carboxylic acid groups (broad SMARTS) is 1. The molecule has 1 aliphatic carbocycles. The van der Waals surface area contributed by atoms with Crippen molar-refractivity contribution in [3.05, 3.63) is 35.5 Å². The molecule has 20 heavy (non-hydrogen) atoms. The van der Waals surface area contributed by atoms with Crippen molar-refractivity contribution >= 4 is 16.9 Å². The monoisotopic (exact) mass is 270 g/mol. The zero-order valence-corrected chi connectivity index (χ0v) is 11.5. The van der Waals surface area contributed by atoms with E-state index in [9.17, 15) is 9.90 Å². The second-order valence-corrected chi connectivity index (χ2v) is 6.17. The van der Waals surface area contributed by atoms with E-state index < -0.39 is 5.97 Å². The third-order valence-corrected chi connectivity index (χ3v) is 5.07. The number of nitrogens with one attached hydrogen (secondary N) is 1. The first-order valence-corrected chi connectivity index (χ1v) is 7.17. The first-order chi connectivity index (χ1) is 9.65. The van der Waals surface area contributed by atoms with Crippen LogP contribution in [0, 0.1) is 5.92 Å². The van der Waals surface area contributed by atoms with Crippen molar-refractivity contribution in [1.29, 1.82) is 0 Å². The van der Waals surface area contributed by atoms with Crippen LogP contribution in [-0.2, 0) is 11.2 Å². The Morgan fingerprint density at radius 3 is 3.10 bits per heavy atom. The lowest BCUT2D eigenvalue weighted by atomic mass is 9.72. The van der Waals surface area contributed by atoms with Gasteiger partial charge in [-0.25, -0.2) is 0 Å². The van der Waals surface area contributed by atoms with E-state index in [0.29, 0.717) is 18.5 Å². The van der Waals surface area contributed by atoms with E-state index in [0.717, 1.165) is 12.8 Å². The Balaban J connectivity index is 1.85. The molecular formula is C16H18N2O2. The van der Waals surface area contributed by atoms with Gasteiger partial charge in [-0.1, -0.05) is 12.1 Å². The lowest BCUT2D eigenvalue weighted by Crippen LogP contribution is -2.49. The topological polar surface area (TPSA) is 56.3 Å². The molecule has 2 aromatic rings. The Labute approximate surface area is 117 Å². The summed E-state index contributed by atoms with van der Waals surface area (Å²) in [5, 5.41) is 10.7. The number of aromatic nitrogens is 1. The fraction of sp³-hybridized carbons (Fsp3) is 0.438. The molecule has 0 amide bonds. The Kier molecular flexibility index (Phi) is 2.45. The predicted molar refractivity (Wildman–Crippen MR) is 76.9 cm³/mol. The molecule has 0 bridgehead atoms. The van der Waals surface area contributed by atoms with Crippen molar-refractivity contribution in [3.8, 4) is 0 Å². The Morgan fingerprint density at radius 2 is 2.30 bits per heavy atom. The van der Waals surface area contributed by atoms with Crippen molar-refractivity contribution in [2.45, 2.75) is 24.8 Å². The number of piperidine rings is 1. The molecule has 104 valence electrons. The molecule has 2 N–H and O–H groups in total. The summed E-state index contributed by atoms with van der Waals surface area (Å²) >= 11 is 0. The predicted octanol–water partition coefficient (Wildman–Crippen LogP) is 2.21. The molecule has 0 saturated carbocycles. The highest BCUT2D eigenvalue weighted by Gasteiger charge is 2.41. The van der Waals surface area contributed by atoms with Gasteiger partial charge >= 0.3 is 5.97 Å². The van der Waals surface area contributed by atoms with Crippen LogP contribution >= 0.6 is 0 Å². The molecule has 1 unspecified atom stereocenters. The van der Waals surface area contributed by atoms with Crippen LogP contribution < -0.4 is 0 Å². The summed E-state index contributed by atoms with van der Waals surface area (Å²) < 4.78 is 0. The van der Waals surface area contributed by atoms with Gasteiger partial charge in [0.1, 0.15) is 0 Å². The van der Waals surface area contributed by atoms with Crippen LogP contribution in [0.15, 0.2) is 24.4 Å². The fourth-order valence-electron chi connectivity index (χ4n) is 4.12. The number of fused-ring (bicyclic) bond motifs is 2. The zero-order chi connectivity index (χ0) is 13.9. The number of aromatic amines is 1. The van der Waals surface area contributed by atoms with Crippen LogP contribution in [0.3, 0.4) is 0 Å². The van der Waals surface area contributed by atoms with Gasteiger partial charge in [0, 0.05) is 35.6 Å². The van der Waals surface area contributed by atoms with Gasteiger partial charge in [0.15, 0.2) is 0 Å². The number of nitrogens with zero attached hydrogens (tertiary/aromatic N) is 1. The normalized spacial score (nSPS) is 29.4. The average Bonchev–Trinajstić information content (AvgIpc) is 2.84. The summed E-state index contributed by atoms with van der Waals surface area (Å²) in [4.78, 5) is 17.0. The van der Waals surface area contributed by atoms with Gasteiger partial charge in [0.05, 0.1) is 5.92 Å². The summed E-state index contributed by atoms with van der Waals surface area (Å²) in [6.07, 6.45) is 3.89.